The van der Waals surface area contributed by atoms with Crippen LogP contribution >= 0.6 is 23.2 Å². The summed E-state index contributed by atoms with van der Waals surface area (Å²) in [5.41, 5.74) is 1.39. The average Bonchev–Trinajstić information content (AvgIpc) is 3.14. The number of Topliss-reactive ketones (excluding diaryl/α,β-unsaturated/α-hetero) is 1. The molecule has 1 saturated heterocycles. The van der Waals surface area contributed by atoms with Crippen molar-refractivity contribution in [2.24, 2.45) is 0 Å². The summed E-state index contributed by atoms with van der Waals surface area (Å²) in [6.45, 7) is -0.227. The summed E-state index contributed by atoms with van der Waals surface area (Å²) in [5, 5.41) is 3.54. The first kappa shape index (κ1) is 25.5. The molecular weight excluding hydrogens is 510 g/mol. The van der Waals surface area contributed by atoms with Gasteiger partial charge in [0.25, 0.3) is 5.91 Å². The average molecular weight is 529 g/mol. The van der Waals surface area contributed by atoms with Crippen LogP contribution in [0.25, 0.3) is 0 Å². The van der Waals surface area contributed by atoms with Crippen molar-refractivity contribution in [3.63, 3.8) is 0 Å². The zero-order valence-electron chi connectivity index (χ0n) is 18.7. The molecule has 10 heteroatoms. The van der Waals surface area contributed by atoms with E-state index in [2.05, 4.69) is 5.32 Å². The van der Waals surface area contributed by atoms with Gasteiger partial charge in [0.15, 0.2) is 6.61 Å². The monoisotopic (exact) mass is 528 g/mol. The maximum absolute atomic E-state index is 13.1. The Morgan fingerprint density at radius 1 is 1.00 bits per heavy atom. The van der Waals surface area contributed by atoms with Gasteiger partial charge >= 0.3 is 5.97 Å². The molecule has 3 aromatic rings. The number of carbonyl (C=O) groups excluding carboxylic acids is 4. The molecule has 1 fully saturated rings. The smallest absolute Gasteiger partial charge is 0.338 e. The van der Waals surface area contributed by atoms with Crippen molar-refractivity contribution in [3.05, 3.63) is 99.3 Å². The predicted molar refractivity (Wildman–Crippen MR) is 132 cm³/mol. The lowest BCUT2D eigenvalue weighted by Crippen LogP contribution is -2.38. The van der Waals surface area contributed by atoms with Crippen LogP contribution in [0, 0.1) is 5.82 Å². The Kier molecular flexibility index (Phi) is 7.79. The molecule has 3 aromatic carbocycles. The van der Waals surface area contributed by atoms with E-state index in [0.717, 1.165) is 10.5 Å². The van der Waals surface area contributed by atoms with Crippen LogP contribution < -0.4 is 10.2 Å². The van der Waals surface area contributed by atoms with E-state index in [-0.39, 0.29) is 28.4 Å². The Morgan fingerprint density at radius 3 is 2.36 bits per heavy atom. The first-order valence-corrected chi connectivity index (χ1v) is 11.6. The number of ketones is 1. The SMILES string of the molecule is O=C(OCC(=O)c1ccc(Cl)cc1Cl)c1ccc(N2C(=O)CC(NCc3ccc(F)cc3)C2=O)cc1. The molecule has 7 nitrogen and oxygen atoms in total. The highest BCUT2D eigenvalue weighted by atomic mass is 35.5. The molecule has 184 valence electrons. The summed E-state index contributed by atoms with van der Waals surface area (Å²) < 4.78 is 18.1. The Bertz CT molecular complexity index is 1330. The van der Waals surface area contributed by atoms with Crippen LogP contribution in [0.15, 0.2) is 66.7 Å². The van der Waals surface area contributed by atoms with Crippen molar-refractivity contribution in [1.82, 2.24) is 5.32 Å². The second-order valence-corrected chi connectivity index (χ2v) is 8.85. The largest absolute Gasteiger partial charge is 0.454 e. The number of hydrogen-bond donors (Lipinski definition) is 1. The number of nitrogens with zero attached hydrogens (tertiary/aromatic N) is 1. The maximum atomic E-state index is 13.1. The highest BCUT2D eigenvalue weighted by molar-refractivity contribution is 6.36. The summed E-state index contributed by atoms with van der Waals surface area (Å²) in [6, 6.07) is 15.2. The number of esters is 1. The molecule has 0 spiro atoms. The number of hydrogen-bond acceptors (Lipinski definition) is 6. The van der Waals surface area contributed by atoms with Crippen molar-refractivity contribution in [2.45, 2.75) is 19.0 Å². The predicted octanol–water partition coefficient (Wildman–Crippen LogP) is 4.59. The number of rotatable bonds is 8. The third kappa shape index (κ3) is 5.79. The van der Waals surface area contributed by atoms with Gasteiger partial charge in [-0.1, -0.05) is 35.3 Å². The summed E-state index contributed by atoms with van der Waals surface area (Å²) >= 11 is 11.8. The Hall–Kier alpha value is -3.59. The molecule has 0 radical (unpaired) electrons. The third-order valence-electron chi connectivity index (χ3n) is 5.54. The van der Waals surface area contributed by atoms with Gasteiger partial charge in [-0.15, -0.1) is 0 Å². The molecule has 0 saturated carbocycles. The van der Waals surface area contributed by atoms with Gasteiger partial charge in [0, 0.05) is 17.1 Å². The summed E-state index contributed by atoms with van der Waals surface area (Å²) in [4.78, 5) is 51.0. The number of amides is 2. The van der Waals surface area contributed by atoms with E-state index in [0.29, 0.717) is 17.3 Å². The second kappa shape index (κ2) is 11.0. The minimum Gasteiger partial charge on any atom is -0.454 e. The van der Waals surface area contributed by atoms with E-state index >= 15 is 0 Å². The Balaban J connectivity index is 1.35. The second-order valence-electron chi connectivity index (χ2n) is 8.00. The van der Waals surface area contributed by atoms with Gasteiger partial charge in [-0.05, 0) is 60.2 Å². The number of nitrogens with one attached hydrogen (secondary N) is 1. The van der Waals surface area contributed by atoms with Crippen molar-refractivity contribution >= 4 is 52.5 Å². The molecule has 2 amide bonds. The quantitative estimate of drug-likeness (QED) is 0.261. The van der Waals surface area contributed by atoms with Crippen molar-refractivity contribution in [1.29, 1.82) is 0 Å². The lowest BCUT2D eigenvalue weighted by Gasteiger charge is -2.16. The summed E-state index contributed by atoms with van der Waals surface area (Å²) in [6.07, 6.45) is -0.0286. The fraction of sp³-hybridized carbons (Fsp3) is 0.154. The highest BCUT2D eigenvalue weighted by Gasteiger charge is 2.39. The summed E-state index contributed by atoms with van der Waals surface area (Å²) in [7, 11) is 0. The van der Waals surface area contributed by atoms with Crippen molar-refractivity contribution < 1.29 is 28.3 Å². The lowest BCUT2D eigenvalue weighted by atomic mass is 10.1. The van der Waals surface area contributed by atoms with Gasteiger partial charge in [-0.25, -0.2) is 14.1 Å². The highest BCUT2D eigenvalue weighted by Crippen LogP contribution is 2.24. The van der Waals surface area contributed by atoms with Crippen LogP contribution in [0.2, 0.25) is 10.0 Å². The van der Waals surface area contributed by atoms with E-state index in [1.807, 2.05) is 0 Å². The molecule has 0 bridgehead atoms. The maximum Gasteiger partial charge on any atom is 0.338 e. The van der Waals surface area contributed by atoms with Crippen molar-refractivity contribution in [3.8, 4) is 0 Å². The van der Waals surface area contributed by atoms with E-state index in [1.54, 1.807) is 12.1 Å². The van der Waals surface area contributed by atoms with Gasteiger partial charge < -0.3 is 10.1 Å². The van der Waals surface area contributed by atoms with Gasteiger partial charge in [0.1, 0.15) is 5.82 Å². The number of carbonyl (C=O) groups is 4. The number of imide groups is 1. The normalized spacial score (nSPS) is 15.3. The van der Waals surface area contributed by atoms with Gasteiger partial charge in [-0.2, -0.15) is 0 Å². The third-order valence-corrected chi connectivity index (χ3v) is 6.09. The lowest BCUT2D eigenvalue weighted by molar-refractivity contribution is -0.121. The van der Waals surface area contributed by atoms with Crippen LogP contribution in [0.4, 0.5) is 10.1 Å². The standard InChI is InChI=1S/C26H19Cl2FN2O5/c27-17-5-10-20(21(28)11-17)23(32)14-36-26(35)16-3-8-19(9-4-16)31-24(33)12-22(25(31)34)30-13-15-1-6-18(29)7-2-15/h1-11,22,30H,12-14H2. The molecule has 1 heterocycles. The molecule has 0 aliphatic carbocycles. The Labute approximate surface area is 215 Å². The molecular formula is C26H19Cl2FN2O5. The van der Waals surface area contributed by atoms with E-state index in [1.165, 1.54) is 54.6 Å². The molecule has 1 unspecified atom stereocenters. The van der Waals surface area contributed by atoms with Gasteiger partial charge in [-0.3, -0.25) is 14.4 Å². The molecule has 36 heavy (non-hydrogen) atoms. The first-order chi connectivity index (χ1) is 17.2. The van der Waals surface area contributed by atoms with Crippen LogP contribution in [0.3, 0.4) is 0 Å². The molecule has 1 atom stereocenters. The number of anilines is 1. The van der Waals surface area contributed by atoms with Crippen LogP contribution in [0.5, 0.6) is 0 Å². The van der Waals surface area contributed by atoms with Crippen LogP contribution in [-0.4, -0.2) is 36.2 Å². The minimum absolute atomic E-state index is 0.0286. The number of ether oxygens (including phenoxy) is 1. The number of halogens is 3. The Morgan fingerprint density at radius 2 is 1.69 bits per heavy atom. The fourth-order valence-corrected chi connectivity index (χ4v) is 4.17. The topological polar surface area (TPSA) is 92.8 Å². The van der Waals surface area contributed by atoms with Crippen LogP contribution in [0.1, 0.15) is 32.7 Å². The zero-order chi connectivity index (χ0) is 25.8. The van der Waals surface area contributed by atoms with E-state index in [9.17, 15) is 23.6 Å². The first-order valence-electron chi connectivity index (χ1n) is 10.8. The molecule has 1 aliphatic rings. The molecule has 1 aliphatic heterocycles. The molecule has 0 aromatic heterocycles. The number of benzene rings is 3. The fourth-order valence-electron chi connectivity index (χ4n) is 3.66. The van der Waals surface area contributed by atoms with Crippen LogP contribution in [-0.2, 0) is 20.9 Å². The van der Waals surface area contributed by atoms with Gasteiger partial charge in [0.05, 0.1) is 28.7 Å². The van der Waals surface area contributed by atoms with Gasteiger partial charge in [0.2, 0.25) is 11.7 Å². The molecule has 4 rings (SSSR count). The summed E-state index contributed by atoms with van der Waals surface area (Å²) in [5.74, 6) is -2.42. The zero-order valence-corrected chi connectivity index (χ0v) is 20.2. The van der Waals surface area contributed by atoms with E-state index in [4.69, 9.17) is 27.9 Å². The van der Waals surface area contributed by atoms with Crippen molar-refractivity contribution in [2.75, 3.05) is 11.5 Å². The van der Waals surface area contributed by atoms with E-state index < -0.39 is 36.2 Å². The minimum atomic E-state index is -0.752. The molecule has 1 N–H and O–H groups in total.